The fraction of sp³-hybridized carbons (Fsp3) is 0.483. The Hall–Kier alpha value is -9.12. The number of hydrogen-bond acceptors (Lipinski definition) is 15. The number of amides is 10. The minimum absolute atomic E-state index is 0.00714. The van der Waals surface area contributed by atoms with Gasteiger partial charge in [0.2, 0.25) is 53.2 Å². The van der Waals surface area contributed by atoms with E-state index in [9.17, 15) is 70.8 Å². The molecular formula is C60H81N11O17S. The Bertz CT molecular complexity index is 3250. The van der Waals surface area contributed by atoms with E-state index in [1.165, 1.54) is 12.1 Å². The largest absolute Gasteiger partial charge is 0.481 e. The number of para-hydroxylation sites is 1. The van der Waals surface area contributed by atoms with E-state index in [1.54, 1.807) is 81.6 Å². The fourth-order valence-electron chi connectivity index (χ4n) is 9.58. The van der Waals surface area contributed by atoms with Gasteiger partial charge in [0.05, 0.1) is 12.8 Å². The van der Waals surface area contributed by atoms with Crippen molar-refractivity contribution in [3.63, 3.8) is 0 Å². The lowest BCUT2D eigenvalue weighted by molar-refractivity contribution is -0.141. The highest BCUT2D eigenvalue weighted by atomic mass is 32.3. The van der Waals surface area contributed by atoms with Crippen molar-refractivity contribution >= 4 is 86.5 Å². The Morgan fingerprint density at radius 2 is 1.33 bits per heavy atom. The summed E-state index contributed by atoms with van der Waals surface area (Å²) >= 11 is 0. The van der Waals surface area contributed by atoms with Gasteiger partial charge in [-0.1, -0.05) is 100 Å². The fourth-order valence-corrected chi connectivity index (χ4v) is 9.94. The van der Waals surface area contributed by atoms with Crippen LogP contribution in [0, 0.1) is 0 Å². The van der Waals surface area contributed by atoms with Crippen LogP contribution in [0.15, 0.2) is 85.1 Å². The molecule has 1 saturated heterocycles. The molecule has 8 atom stereocenters. The summed E-state index contributed by atoms with van der Waals surface area (Å²) in [6, 6.07) is 8.69. The van der Waals surface area contributed by atoms with E-state index in [0.29, 0.717) is 53.3 Å². The van der Waals surface area contributed by atoms with Crippen LogP contribution in [-0.2, 0) is 82.3 Å². The third-order valence-corrected chi connectivity index (χ3v) is 14.5. The molecule has 28 nitrogen and oxygen atoms in total. The second kappa shape index (κ2) is 33.9. The summed E-state index contributed by atoms with van der Waals surface area (Å²) in [6.45, 7) is 8.36. The summed E-state index contributed by atoms with van der Waals surface area (Å²) in [7, 11) is -4.92. The monoisotopic (exact) mass is 1260 g/mol. The highest BCUT2D eigenvalue weighted by molar-refractivity contribution is 7.81. The maximum atomic E-state index is 14.9. The molecule has 1 aliphatic heterocycles. The van der Waals surface area contributed by atoms with Crippen LogP contribution in [0.1, 0.15) is 122 Å². The molecule has 484 valence electrons. The van der Waals surface area contributed by atoms with Gasteiger partial charge in [-0.15, -0.1) is 0 Å². The van der Waals surface area contributed by atoms with Crippen molar-refractivity contribution in [2.75, 3.05) is 6.54 Å². The van der Waals surface area contributed by atoms with Gasteiger partial charge in [0.15, 0.2) is 0 Å². The molecular weight excluding hydrogens is 1180 g/mol. The number of ether oxygens (including phenoxy) is 1. The standard InChI is InChI=1S/C60H81N11O17S/c1-6-8-20-41-52(76)64-43(23-15-16-28-62-49(72)32-47(71-59(83)87-60(3,4)5)57(81)68-45(55(79)65-41)30-36-24-26-38(27-25-36)88-89(84,85)86)54(78)69-46(31-37-34-63-40-22-14-13-19-39(37)40)56(80)66-42(21-9-7-2)53(77)70-48(33-50(73)74)58(82)67-44(51(61)75)29-35-17-11-10-12-18-35/h10-14,17-19,22,24-27,34,41-48,63H,6-9,15-16,20-21,23,28-33H2,1-5H3,(H2,61,75)(H,62,72)(H,64,76)(H,65,79)(H,66,80)(H,67,82)(H,68,81)(H,69,78)(H,70,77)(H,71,83)(H,73,74)(H,84,85,86)/t41-,42-,43-,44+,45+,46-,47-,48-/m0/s1. The maximum Gasteiger partial charge on any atom is 0.446 e. The zero-order valence-electron chi connectivity index (χ0n) is 50.3. The number of alkyl carbamates (subject to hydrolysis) is 1. The van der Waals surface area contributed by atoms with Crippen molar-refractivity contribution in [3.05, 3.63) is 102 Å². The van der Waals surface area contributed by atoms with E-state index >= 15 is 0 Å². The number of fused-ring (bicyclic) bond motifs is 1. The van der Waals surface area contributed by atoms with Gasteiger partial charge in [0.25, 0.3) is 0 Å². The molecule has 89 heavy (non-hydrogen) atoms. The first kappa shape index (κ1) is 70.6. The summed E-state index contributed by atoms with van der Waals surface area (Å²) in [6.07, 6.45) is 0.396. The van der Waals surface area contributed by atoms with E-state index in [4.69, 9.17) is 10.5 Å². The third-order valence-electron chi connectivity index (χ3n) is 14.1. The third kappa shape index (κ3) is 24.2. The van der Waals surface area contributed by atoms with Crippen molar-refractivity contribution in [2.45, 2.75) is 178 Å². The van der Waals surface area contributed by atoms with Gasteiger partial charge >= 0.3 is 22.5 Å². The van der Waals surface area contributed by atoms with Gasteiger partial charge in [-0.3, -0.25) is 52.5 Å². The number of H-pyrrole nitrogens is 1. The smallest absolute Gasteiger partial charge is 0.446 e. The van der Waals surface area contributed by atoms with E-state index in [2.05, 4.69) is 57.0 Å². The van der Waals surface area contributed by atoms with Crippen LogP contribution in [0.4, 0.5) is 4.79 Å². The SMILES string of the molecule is CCCC[C@H](NC(=O)[C@H](Cc1c[nH]c2ccccc12)NC(=O)[C@@H]1CCCCNC(=O)C[C@H](NC(=O)OC(C)(C)C)C(=O)N[C@H](Cc2ccc(OS(=O)(=O)O)cc2)C(=O)N[C@@H](CCCC)C(=O)N1)C(=O)N[C@@H](CC(=O)O)C(=O)N[C@H](Cc1ccccc1)C(N)=O. The highest BCUT2D eigenvalue weighted by Gasteiger charge is 2.37. The minimum Gasteiger partial charge on any atom is -0.481 e. The summed E-state index contributed by atoms with van der Waals surface area (Å²) in [5, 5.41) is 33.9. The van der Waals surface area contributed by atoms with Crippen LogP contribution in [0.2, 0.25) is 0 Å². The molecule has 0 spiro atoms. The predicted octanol–water partition coefficient (Wildman–Crippen LogP) is 1.69. The van der Waals surface area contributed by atoms with E-state index in [0.717, 1.165) is 12.1 Å². The Kier molecular flexibility index (Phi) is 26.9. The van der Waals surface area contributed by atoms with E-state index in [-0.39, 0.29) is 63.7 Å². The topological polar surface area (TPSA) is 431 Å². The molecule has 5 rings (SSSR count). The number of aromatic nitrogens is 1. The summed E-state index contributed by atoms with van der Waals surface area (Å²) in [5.74, 6) is -9.97. The molecule has 29 heteroatoms. The van der Waals surface area contributed by atoms with Crippen LogP contribution < -0.4 is 57.8 Å². The number of primary amides is 1. The van der Waals surface area contributed by atoms with Gasteiger partial charge in [0.1, 0.15) is 59.7 Å². The molecule has 10 amide bonds. The molecule has 0 radical (unpaired) electrons. The van der Waals surface area contributed by atoms with Crippen molar-refractivity contribution in [1.82, 2.24) is 52.8 Å². The lowest BCUT2D eigenvalue weighted by atomic mass is 10.0. The zero-order valence-corrected chi connectivity index (χ0v) is 51.1. The second-order valence-corrected chi connectivity index (χ2v) is 23.6. The molecule has 4 aromatic rings. The van der Waals surface area contributed by atoms with Crippen molar-refractivity contribution in [1.29, 1.82) is 0 Å². The molecule has 2 heterocycles. The van der Waals surface area contributed by atoms with Crippen LogP contribution in [0.25, 0.3) is 10.9 Å². The van der Waals surface area contributed by atoms with E-state index in [1.807, 2.05) is 13.8 Å². The number of aliphatic carboxylic acids is 1. The van der Waals surface area contributed by atoms with Crippen molar-refractivity contribution in [3.8, 4) is 5.75 Å². The van der Waals surface area contributed by atoms with Gasteiger partial charge in [-0.05, 0) is 87.8 Å². The maximum absolute atomic E-state index is 14.9. The quantitative estimate of drug-likeness (QED) is 0.0398. The van der Waals surface area contributed by atoms with Crippen molar-refractivity contribution in [2.24, 2.45) is 5.73 Å². The second-order valence-electron chi connectivity index (χ2n) is 22.6. The molecule has 14 N–H and O–H groups in total. The number of aromatic amines is 1. The Balaban J connectivity index is 1.48. The molecule has 1 aromatic heterocycles. The highest BCUT2D eigenvalue weighted by Crippen LogP contribution is 2.21. The number of unbranched alkanes of at least 4 members (excludes halogenated alkanes) is 2. The van der Waals surface area contributed by atoms with Crippen LogP contribution in [-0.4, -0.2) is 149 Å². The summed E-state index contributed by atoms with van der Waals surface area (Å²) < 4.78 is 41.9. The Morgan fingerprint density at radius 3 is 1.98 bits per heavy atom. The molecule has 0 aliphatic carbocycles. The molecule has 1 aliphatic rings. The number of hydrogen-bond donors (Lipinski definition) is 13. The van der Waals surface area contributed by atoms with Gasteiger partial charge < -0.3 is 72.6 Å². The normalized spacial score (nSPS) is 18.5. The Labute approximate surface area is 515 Å². The first-order valence-corrected chi connectivity index (χ1v) is 30.7. The first-order valence-electron chi connectivity index (χ1n) is 29.4. The number of rotatable bonds is 26. The van der Waals surface area contributed by atoms with Gasteiger partial charge in [-0.2, -0.15) is 8.42 Å². The van der Waals surface area contributed by atoms with Crippen LogP contribution >= 0.6 is 0 Å². The lowest BCUT2D eigenvalue weighted by Crippen LogP contribution is -2.61. The molecule has 3 aromatic carbocycles. The average Bonchev–Trinajstić information content (AvgIpc) is 2.12. The first-order chi connectivity index (χ1) is 42.1. The van der Waals surface area contributed by atoms with Gasteiger partial charge in [0, 0.05) is 42.9 Å². The molecule has 0 saturated carbocycles. The Morgan fingerprint density at radius 1 is 0.708 bits per heavy atom. The number of carbonyl (C=O) groups excluding carboxylic acids is 10. The summed E-state index contributed by atoms with van der Waals surface area (Å²) in [4.78, 5) is 156. The number of nitrogens with two attached hydrogens (primary N) is 1. The average molecular weight is 1260 g/mol. The lowest BCUT2D eigenvalue weighted by Gasteiger charge is -2.28. The number of carboxylic acids is 1. The molecule has 0 unspecified atom stereocenters. The number of benzene rings is 3. The van der Waals surface area contributed by atoms with Crippen LogP contribution in [0.5, 0.6) is 5.75 Å². The minimum atomic E-state index is -4.92. The number of nitrogens with one attached hydrogen (secondary N) is 10. The summed E-state index contributed by atoms with van der Waals surface area (Å²) in [5.41, 5.74) is 6.76. The molecule has 0 bridgehead atoms. The van der Waals surface area contributed by atoms with E-state index < -0.39 is 142 Å². The number of carboxylic acid groups (broad SMARTS) is 1. The molecule has 1 fully saturated rings. The van der Waals surface area contributed by atoms with Gasteiger partial charge in [-0.25, -0.2) is 4.79 Å². The number of carbonyl (C=O) groups is 11. The predicted molar refractivity (Wildman–Crippen MR) is 323 cm³/mol. The zero-order chi connectivity index (χ0) is 65.4. The van der Waals surface area contributed by atoms with Crippen LogP contribution in [0.3, 0.4) is 0 Å². The van der Waals surface area contributed by atoms with Crippen molar-refractivity contribution < 1.29 is 79.7 Å².